The van der Waals surface area contributed by atoms with Gasteiger partial charge in [-0.05, 0) is 6.07 Å². The summed E-state index contributed by atoms with van der Waals surface area (Å²) in [6, 6.07) is 6.49. The second kappa shape index (κ2) is 8.21. The average molecular weight is 391 g/mol. The number of aromatic nitrogens is 2. The van der Waals surface area contributed by atoms with Gasteiger partial charge in [0.15, 0.2) is 12.3 Å². The topological polar surface area (TPSA) is 119 Å². The molecule has 1 aromatic heterocycles. The minimum Gasteiger partial charge on any atom is -0.468 e. The van der Waals surface area contributed by atoms with E-state index in [-0.39, 0.29) is 12.2 Å². The summed E-state index contributed by atoms with van der Waals surface area (Å²) >= 11 is 1.42. The number of aromatic amines is 1. The lowest BCUT2D eigenvalue weighted by Gasteiger charge is -2.30. The first kappa shape index (κ1) is 18.9. The second-order valence-corrected chi connectivity index (χ2v) is 7.06. The molecule has 0 bridgehead atoms. The minimum atomic E-state index is -0.813. The van der Waals surface area contributed by atoms with Crippen molar-refractivity contribution in [2.24, 2.45) is 0 Å². The number of hydrogen-bond donors (Lipinski definition) is 1. The summed E-state index contributed by atoms with van der Waals surface area (Å²) in [7, 11) is 1.30. The number of methoxy groups -OCH3 is 1. The molecule has 0 unspecified atom stereocenters. The van der Waals surface area contributed by atoms with Crippen LogP contribution < -0.4 is 5.56 Å². The highest BCUT2D eigenvalue weighted by Gasteiger charge is 2.30. The summed E-state index contributed by atoms with van der Waals surface area (Å²) in [6.07, 6.45) is 0. The van der Waals surface area contributed by atoms with Crippen molar-refractivity contribution in [3.8, 4) is 0 Å². The van der Waals surface area contributed by atoms with Crippen molar-refractivity contribution in [1.82, 2.24) is 15.1 Å². The van der Waals surface area contributed by atoms with E-state index < -0.39 is 35.3 Å². The number of amides is 1. The Kier molecular flexibility index (Phi) is 5.75. The van der Waals surface area contributed by atoms with Gasteiger partial charge >= 0.3 is 11.9 Å². The quantitative estimate of drug-likeness (QED) is 0.734. The number of thioether (sulfide) groups is 1. The van der Waals surface area contributed by atoms with E-state index in [1.165, 1.54) is 23.8 Å². The van der Waals surface area contributed by atoms with Crippen molar-refractivity contribution in [2.45, 2.75) is 5.25 Å². The standard InChI is InChI=1S/C17H17N3O6S/c1-25-16(23)12-8-20(6-7-27-12)13(21)9-26-17(24)14-10-4-2-3-5-11(10)15(22)19-18-14/h2-5,12H,6-9H2,1H3,(H,19,22)/t12-/m1/s1. The monoisotopic (exact) mass is 391 g/mol. The number of nitrogens with one attached hydrogen (secondary N) is 1. The van der Waals surface area contributed by atoms with Crippen molar-refractivity contribution >= 4 is 40.4 Å². The summed E-state index contributed by atoms with van der Waals surface area (Å²) in [6.45, 7) is 0.175. The first-order valence-corrected chi connectivity index (χ1v) is 9.18. The van der Waals surface area contributed by atoms with E-state index in [9.17, 15) is 19.2 Å². The first-order valence-electron chi connectivity index (χ1n) is 8.13. The highest BCUT2D eigenvalue weighted by atomic mass is 32.2. The molecule has 1 saturated heterocycles. The first-order chi connectivity index (χ1) is 13.0. The zero-order valence-electron chi connectivity index (χ0n) is 14.5. The summed E-state index contributed by atoms with van der Waals surface area (Å²) in [5, 5.41) is 6.19. The van der Waals surface area contributed by atoms with E-state index in [2.05, 4.69) is 10.2 Å². The summed E-state index contributed by atoms with van der Waals surface area (Å²) < 4.78 is 9.78. The van der Waals surface area contributed by atoms with Crippen molar-refractivity contribution in [3.05, 3.63) is 40.3 Å². The highest BCUT2D eigenvalue weighted by molar-refractivity contribution is 8.00. The van der Waals surface area contributed by atoms with Crippen molar-refractivity contribution in [2.75, 3.05) is 32.6 Å². The maximum atomic E-state index is 12.3. The van der Waals surface area contributed by atoms with Gasteiger partial charge in [-0.25, -0.2) is 9.89 Å². The number of H-pyrrole nitrogens is 1. The van der Waals surface area contributed by atoms with Crippen LogP contribution in [0.5, 0.6) is 0 Å². The number of benzene rings is 1. The number of nitrogens with zero attached hydrogens (tertiary/aromatic N) is 2. The van der Waals surface area contributed by atoms with Crippen LogP contribution in [0.2, 0.25) is 0 Å². The third-order valence-electron chi connectivity index (χ3n) is 4.10. The van der Waals surface area contributed by atoms with Gasteiger partial charge in [-0.2, -0.15) is 5.10 Å². The molecule has 1 atom stereocenters. The van der Waals surface area contributed by atoms with Crippen LogP contribution in [0, 0.1) is 0 Å². The van der Waals surface area contributed by atoms with Gasteiger partial charge in [-0.3, -0.25) is 14.4 Å². The lowest BCUT2D eigenvalue weighted by atomic mass is 10.1. The van der Waals surface area contributed by atoms with Crippen molar-refractivity contribution in [1.29, 1.82) is 0 Å². The predicted molar refractivity (Wildman–Crippen MR) is 97.5 cm³/mol. The summed E-state index contributed by atoms with van der Waals surface area (Å²) in [4.78, 5) is 49.5. The van der Waals surface area contributed by atoms with Crippen LogP contribution in [0.4, 0.5) is 0 Å². The number of ether oxygens (including phenoxy) is 2. The molecule has 10 heteroatoms. The molecule has 0 radical (unpaired) electrons. The molecule has 1 aromatic carbocycles. The fraction of sp³-hybridized carbons (Fsp3) is 0.353. The SMILES string of the molecule is COC(=O)[C@H]1CN(C(=O)COC(=O)c2n[nH]c(=O)c3ccccc23)CCS1. The molecule has 2 aromatic rings. The molecule has 0 spiro atoms. The number of carbonyl (C=O) groups excluding carboxylic acids is 3. The van der Waals surface area contributed by atoms with Crippen LogP contribution >= 0.6 is 11.8 Å². The highest BCUT2D eigenvalue weighted by Crippen LogP contribution is 2.20. The molecule has 9 nitrogen and oxygen atoms in total. The summed E-state index contributed by atoms with van der Waals surface area (Å²) in [5.74, 6) is -1.03. The van der Waals surface area contributed by atoms with Crippen LogP contribution in [0.25, 0.3) is 10.8 Å². The van der Waals surface area contributed by atoms with Gasteiger partial charge in [-0.1, -0.05) is 18.2 Å². The Bertz CT molecular complexity index is 944. The third kappa shape index (κ3) is 4.11. The number of hydrogen-bond acceptors (Lipinski definition) is 8. The maximum Gasteiger partial charge on any atom is 0.359 e. The predicted octanol–water partition coefficient (Wildman–Crippen LogP) is 0.197. The Labute approximate surface area is 158 Å². The minimum absolute atomic E-state index is 0.0698. The fourth-order valence-corrected chi connectivity index (χ4v) is 3.84. The molecule has 1 aliphatic heterocycles. The summed E-state index contributed by atoms with van der Waals surface area (Å²) in [5.41, 5.74) is -0.488. The molecule has 1 amide bonds. The molecule has 0 aliphatic carbocycles. The van der Waals surface area contributed by atoms with Crippen LogP contribution in [0.15, 0.2) is 29.1 Å². The Morgan fingerprint density at radius 2 is 2.04 bits per heavy atom. The van der Waals surface area contributed by atoms with Crippen LogP contribution in [-0.2, 0) is 19.1 Å². The molecule has 3 rings (SSSR count). The van der Waals surface area contributed by atoms with Crippen molar-refractivity contribution in [3.63, 3.8) is 0 Å². The molecule has 142 valence electrons. The van der Waals surface area contributed by atoms with Gasteiger partial charge in [0.2, 0.25) is 0 Å². The van der Waals surface area contributed by atoms with E-state index in [0.717, 1.165) is 0 Å². The molecule has 2 heterocycles. The molecule has 27 heavy (non-hydrogen) atoms. The van der Waals surface area contributed by atoms with Crippen molar-refractivity contribution < 1.29 is 23.9 Å². The zero-order chi connectivity index (χ0) is 19.4. The Morgan fingerprint density at radius 1 is 1.30 bits per heavy atom. The van der Waals surface area contributed by atoms with E-state index in [1.54, 1.807) is 24.3 Å². The van der Waals surface area contributed by atoms with E-state index >= 15 is 0 Å². The molecule has 1 N–H and O–H groups in total. The maximum absolute atomic E-state index is 12.3. The molecule has 1 fully saturated rings. The van der Waals surface area contributed by atoms with Gasteiger partial charge in [0.05, 0.1) is 12.5 Å². The van der Waals surface area contributed by atoms with E-state index in [4.69, 9.17) is 9.47 Å². The Morgan fingerprint density at radius 3 is 2.78 bits per heavy atom. The van der Waals surface area contributed by atoms with E-state index in [0.29, 0.717) is 23.1 Å². The number of fused-ring (bicyclic) bond motifs is 1. The fourth-order valence-electron chi connectivity index (χ4n) is 2.71. The Hall–Kier alpha value is -2.88. The average Bonchev–Trinajstić information content (AvgIpc) is 2.71. The smallest absolute Gasteiger partial charge is 0.359 e. The van der Waals surface area contributed by atoms with Crippen LogP contribution in [0.3, 0.4) is 0 Å². The van der Waals surface area contributed by atoms with Gasteiger partial charge in [-0.15, -0.1) is 11.8 Å². The number of rotatable bonds is 4. The molecule has 1 aliphatic rings. The largest absolute Gasteiger partial charge is 0.468 e. The van der Waals surface area contributed by atoms with Gasteiger partial charge < -0.3 is 14.4 Å². The third-order valence-corrected chi connectivity index (χ3v) is 5.26. The number of esters is 2. The van der Waals surface area contributed by atoms with Gasteiger partial charge in [0.25, 0.3) is 11.5 Å². The van der Waals surface area contributed by atoms with Gasteiger partial charge in [0.1, 0.15) is 5.25 Å². The van der Waals surface area contributed by atoms with E-state index in [1.807, 2.05) is 0 Å². The molecular formula is C17H17N3O6S. The lowest BCUT2D eigenvalue weighted by Crippen LogP contribution is -2.46. The lowest BCUT2D eigenvalue weighted by molar-refractivity contribution is -0.141. The van der Waals surface area contributed by atoms with Gasteiger partial charge in [0, 0.05) is 24.2 Å². The molecule has 0 saturated carbocycles. The normalized spacial score (nSPS) is 16.8. The van der Waals surface area contributed by atoms with Crippen LogP contribution in [-0.4, -0.2) is 70.8 Å². The Balaban J connectivity index is 1.66. The second-order valence-electron chi connectivity index (χ2n) is 5.75. The molecular weight excluding hydrogens is 374 g/mol. The number of carbonyl (C=O) groups is 3. The zero-order valence-corrected chi connectivity index (χ0v) is 15.3. The van der Waals surface area contributed by atoms with Crippen LogP contribution in [0.1, 0.15) is 10.5 Å².